The van der Waals surface area contributed by atoms with Crippen LogP contribution in [0.4, 0.5) is 0 Å². The van der Waals surface area contributed by atoms with E-state index in [1.807, 2.05) is 30.3 Å². The Morgan fingerprint density at radius 3 is 2.61 bits per heavy atom. The number of carbonyl (C=O) groups is 2. The van der Waals surface area contributed by atoms with E-state index in [9.17, 15) is 9.59 Å². The minimum Gasteiger partial charge on any atom is -0.347 e. The smallest absolute Gasteiger partial charge is 0.249 e. The molecule has 0 radical (unpaired) electrons. The number of benzene rings is 1. The van der Waals surface area contributed by atoms with Crippen LogP contribution in [0.2, 0.25) is 0 Å². The van der Waals surface area contributed by atoms with Crippen molar-refractivity contribution in [3.05, 3.63) is 35.9 Å². The number of fused-ring (bicyclic) bond motifs is 1. The summed E-state index contributed by atoms with van der Waals surface area (Å²) >= 11 is 0. The zero-order valence-electron chi connectivity index (χ0n) is 13.6. The number of hydrazine groups is 1. The molecule has 3 N–H and O–H groups in total. The van der Waals surface area contributed by atoms with E-state index in [1.165, 1.54) is 4.90 Å². The monoisotopic (exact) mass is 316 g/mol. The van der Waals surface area contributed by atoms with E-state index in [4.69, 9.17) is 0 Å². The highest BCUT2D eigenvalue weighted by molar-refractivity contribution is 5.90. The lowest BCUT2D eigenvalue weighted by molar-refractivity contribution is -0.135. The summed E-state index contributed by atoms with van der Waals surface area (Å²) in [6.45, 7) is 0. The van der Waals surface area contributed by atoms with E-state index in [0.29, 0.717) is 12.0 Å². The molecule has 1 heterocycles. The van der Waals surface area contributed by atoms with Crippen molar-refractivity contribution in [3.8, 4) is 0 Å². The Labute approximate surface area is 136 Å². The molecule has 1 aliphatic carbocycles. The van der Waals surface area contributed by atoms with Crippen molar-refractivity contribution in [3.63, 3.8) is 0 Å². The van der Waals surface area contributed by atoms with Gasteiger partial charge >= 0.3 is 0 Å². The molecule has 0 spiro atoms. The highest BCUT2D eigenvalue weighted by Crippen LogP contribution is 2.31. The number of likely N-dealkylation sites (N-methyl/N-ethyl adjacent to an activating group) is 1. The van der Waals surface area contributed by atoms with E-state index in [-0.39, 0.29) is 17.9 Å². The maximum Gasteiger partial charge on any atom is 0.249 e. The summed E-state index contributed by atoms with van der Waals surface area (Å²) in [7, 11) is 3.40. The number of carbonyl (C=O) groups excluding carboxylic acids is 2. The highest BCUT2D eigenvalue weighted by Gasteiger charge is 2.43. The first-order chi connectivity index (χ1) is 11.1. The average molecular weight is 316 g/mol. The van der Waals surface area contributed by atoms with Crippen LogP contribution in [0.15, 0.2) is 30.3 Å². The lowest BCUT2D eigenvalue weighted by Gasteiger charge is -2.25. The Balaban J connectivity index is 1.76. The van der Waals surface area contributed by atoms with Crippen LogP contribution in [0.25, 0.3) is 0 Å². The fourth-order valence-electron chi connectivity index (χ4n) is 3.55. The average Bonchev–Trinajstić information content (AvgIpc) is 3.15. The van der Waals surface area contributed by atoms with Gasteiger partial charge in [0.15, 0.2) is 0 Å². The molecule has 0 aromatic heterocycles. The third-order valence-corrected chi connectivity index (χ3v) is 4.81. The van der Waals surface area contributed by atoms with Gasteiger partial charge in [0.2, 0.25) is 11.8 Å². The number of nitrogens with one attached hydrogen (secondary N) is 3. The molecule has 3 rings (SSSR count). The molecule has 1 aromatic carbocycles. The first-order valence-corrected chi connectivity index (χ1v) is 8.15. The second kappa shape index (κ2) is 6.68. The summed E-state index contributed by atoms with van der Waals surface area (Å²) in [6, 6.07) is 8.82. The van der Waals surface area contributed by atoms with E-state index in [0.717, 1.165) is 24.8 Å². The molecule has 23 heavy (non-hydrogen) atoms. The highest BCUT2D eigenvalue weighted by atomic mass is 16.2. The second-order valence-electron chi connectivity index (χ2n) is 6.55. The summed E-state index contributed by atoms with van der Waals surface area (Å²) < 4.78 is 0. The maximum absolute atomic E-state index is 12.7. The van der Waals surface area contributed by atoms with Crippen molar-refractivity contribution < 1.29 is 9.59 Å². The maximum atomic E-state index is 12.7. The molecule has 1 aliphatic heterocycles. The predicted molar refractivity (Wildman–Crippen MR) is 87.2 cm³/mol. The van der Waals surface area contributed by atoms with Gasteiger partial charge in [0.25, 0.3) is 0 Å². The van der Waals surface area contributed by atoms with Crippen LogP contribution in [-0.2, 0) is 9.59 Å². The van der Waals surface area contributed by atoms with Crippen LogP contribution in [-0.4, -0.2) is 42.9 Å². The fraction of sp³-hybridized carbons (Fsp3) is 0.529. The number of hydrogen-bond acceptors (Lipinski definition) is 4. The van der Waals surface area contributed by atoms with Gasteiger partial charge < -0.3 is 10.2 Å². The van der Waals surface area contributed by atoms with Crippen molar-refractivity contribution >= 4 is 11.8 Å². The Kier molecular flexibility index (Phi) is 4.63. The van der Waals surface area contributed by atoms with Crippen LogP contribution in [0, 0.1) is 5.92 Å². The van der Waals surface area contributed by atoms with Crippen molar-refractivity contribution in [2.24, 2.45) is 5.92 Å². The molecule has 2 fully saturated rings. The third kappa shape index (κ3) is 3.23. The molecular weight excluding hydrogens is 292 g/mol. The molecule has 2 amide bonds. The molecule has 4 atom stereocenters. The van der Waals surface area contributed by atoms with Crippen LogP contribution in [0.1, 0.15) is 30.9 Å². The first-order valence-electron chi connectivity index (χ1n) is 8.15. The normalized spacial score (nSPS) is 27.3. The van der Waals surface area contributed by atoms with Gasteiger partial charge in [-0.05, 0) is 18.4 Å². The topological polar surface area (TPSA) is 73.5 Å². The van der Waals surface area contributed by atoms with Crippen LogP contribution >= 0.6 is 0 Å². The number of rotatable bonds is 4. The lowest BCUT2D eigenvalue weighted by Crippen LogP contribution is -2.49. The van der Waals surface area contributed by atoms with Crippen molar-refractivity contribution in [2.45, 2.75) is 37.4 Å². The summed E-state index contributed by atoms with van der Waals surface area (Å²) in [5.74, 6) is 0.0651. The lowest BCUT2D eigenvalue weighted by atomic mass is 9.96. The zero-order chi connectivity index (χ0) is 16.4. The van der Waals surface area contributed by atoms with Gasteiger partial charge in [-0.2, -0.15) is 0 Å². The van der Waals surface area contributed by atoms with Crippen LogP contribution in [0.3, 0.4) is 0 Å². The molecule has 1 aromatic rings. The van der Waals surface area contributed by atoms with Crippen molar-refractivity contribution in [1.29, 1.82) is 0 Å². The summed E-state index contributed by atoms with van der Waals surface area (Å²) in [4.78, 5) is 26.7. The Bertz CT molecular complexity index is 575. The van der Waals surface area contributed by atoms with E-state index in [2.05, 4.69) is 16.2 Å². The minimum atomic E-state index is -0.652. The molecule has 4 unspecified atom stereocenters. The van der Waals surface area contributed by atoms with Gasteiger partial charge in [0, 0.05) is 26.1 Å². The van der Waals surface area contributed by atoms with Gasteiger partial charge in [-0.3, -0.25) is 15.0 Å². The Morgan fingerprint density at radius 2 is 1.91 bits per heavy atom. The third-order valence-electron chi connectivity index (χ3n) is 4.81. The summed E-state index contributed by atoms with van der Waals surface area (Å²) in [6.07, 6.45) is 3.28. The fourth-order valence-corrected chi connectivity index (χ4v) is 3.55. The standard InChI is InChI=1S/C17H24N4O2/c1-21(2)17(23)14(11-7-4-3-5-8-11)18-16(22)15-12-9-6-10-13(12)19-20-15/h3-5,7-8,12-15,19-20H,6,9-10H2,1-2H3,(H,18,22). The molecule has 6 nitrogen and oxygen atoms in total. The molecule has 1 saturated heterocycles. The number of amides is 2. The molecular formula is C17H24N4O2. The minimum absolute atomic E-state index is 0.115. The molecule has 0 bridgehead atoms. The summed E-state index contributed by atoms with van der Waals surface area (Å²) in [5.41, 5.74) is 7.10. The van der Waals surface area contributed by atoms with E-state index < -0.39 is 6.04 Å². The number of hydrogen-bond donors (Lipinski definition) is 3. The van der Waals surface area contributed by atoms with Gasteiger partial charge in [0.05, 0.1) is 0 Å². The van der Waals surface area contributed by atoms with E-state index in [1.54, 1.807) is 14.1 Å². The van der Waals surface area contributed by atoms with Gasteiger partial charge in [0.1, 0.15) is 12.1 Å². The second-order valence-corrected chi connectivity index (χ2v) is 6.55. The SMILES string of the molecule is CN(C)C(=O)C(NC(=O)C1NNC2CCCC21)c1ccccc1. The van der Waals surface area contributed by atoms with E-state index >= 15 is 0 Å². The largest absolute Gasteiger partial charge is 0.347 e. The Morgan fingerprint density at radius 1 is 1.17 bits per heavy atom. The summed E-state index contributed by atoms with van der Waals surface area (Å²) in [5, 5.41) is 2.94. The molecule has 1 saturated carbocycles. The van der Waals surface area contributed by atoms with Crippen molar-refractivity contribution in [1.82, 2.24) is 21.1 Å². The van der Waals surface area contributed by atoms with Gasteiger partial charge in [-0.15, -0.1) is 0 Å². The zero-order valence-corrected chi connectivity index (χ0v) is 13.6. The molecule has 2 aliphatic rings. The van der Waals surface area contributed by atoms with Crippen LogP contribution in [0.5, 0.6) is 0 Å². The number of nitrogens with zero attached hydrogens (tertiary/aromatic N) is 1. The predicted octanol–water partition coefficient (Wildman–Crippen LogP) is 0.577. The first kappa shape index (κ1) is 16.0. The van der Waals surface area contributed by atoms with Gasteiger partial charge in [-0.25, -0.2) is 5.43 Å². The molecule has 6 heteroatoms. The van der Waals surface area contributed by atoms with Gasteiger partial charge in [-0.1, -0.05) is 36.8 Å². The molecule has 124 valence electrons. The Hall–Kier alpha value is -1.92. The van der Waals surface area contributed by atoms with Crippen LogP contribution < -0.4 is 16.2 Å². The van der Waals surface area contributed by atoms with Crippen molar-refractivity contribution in [2.75, 3.05) is 14.1 Å². The quantitative estimate of drug-likeness (QED) is 0.760.